The van der Waals surface area contributed by atoms with Crippen molar-refractivity contribution >= 4 is 11.9 Å². The van der Waals surface area contributed by atoms with E-state index in [1.807, 2.05) is 13.8 Å². The second-order valence-electron chi connectivity index (χ2n) is 5.55. The van der Waals surface area contributed by atoms with Gasteiger partial charge in [0.05, 0.1) is 19.6 Å². The maximum absolute atomic E-state index is 12.3. The summed E-state index contributed by atoms with van der Waals surface area (Å²) in [5.74, 6) is 0.0817. The average molecular weight is 285 g/mol. The molecule has 1 aliphatic rings. The smallest absolute Gasteiger partial charge is 0.307 e. The predicted octanol–water partition coefficient (Wildman–Crippen LogP) is 1.99. The zero-order valence-electron chi connectivity index (χ0n) is 12.9. The molecule has 5 nitrogen and oxygen atoms in total. The second-order valence-corrected chi connectivity index (χ2v) is 5.55. The number of rotatable bonds is 9. The summed E-state index contributed by atoms with van der Waals surface area (Å²) in [6, 6.07) is 0. The first-order valence-corrected chi connectivity index (χ1v) is 7.51. The summed E-state index contributed by atoms with van der Waals surface area (Å²) in [5.41, 5.74) is 0. The Morgan fingerprint density at radius 2 is 1.95 bits per heavy atom. The Hall–Kier alpha value is -1.10. The van der Waals surface area contributed by atoms with Crippen LogP contribution in [0.5, 0.6) is 0 Å². The summed E-state index contributed by atoms with van der Waals surface area (Å²) in [6.07, 6.45) is 4.38. The van der Waals surface area contributed by atoms with Crippen molar-refractivity contribution in [3.05, 3.63) is 0 Å². The van der Waals surface area contributed by atoms with E-state index in [1.54, 1.807) is 4.90 Å². The average Bonchev–Trinajstić information content (AvgIpc) is 2.34. The van der Waals surface area contributed by atoms with Crippen molar-refractivity contribution in [3.8, 4) is 0 Å². The molecule has 0 N–H and O–H groups in total. The molecule has 116 valence electrons. The summed E-state index contributed by atoms with van der Waals surface area (Å²) in [6.45, 7) is 5.73. The second kappa shape index (κ2) is 8.95. The normalized spacial score (nSPS) is 15.0. The van der Waals surface area contributed by atoms with Crippen LogP contribution in [0.15, 0.2) is 0 Å². The standard InChI is InChI=1S/C15H27NO4/c1-12(2)20-11-5-9-16(10-8-14(17)19-3)15(18)13-6-4-7-13/h12-13H,4-11H2,1-3H3. The van der Waals surface area contributed by atoms with Crippen LogP contribution in [0.2, 0.25) is 0 Å². The number of nitrogens with zero attached hydrogens (tertiary/aromatic N) is 1. The fourth-order valence-electron chi connectivity index (χ4n) is 2.15. The van der Waals surface area contributed by atoms with Crippen molar-refractivity contribution in [1.82, 2.24) is 4.90 Å². The molecule has 0 aliphatic heterocycles. The zero-order valence-corrected chi connectivity index (χ0v) is 12.9. The van der Waals surface area contributed by atoms with Crippen LogP contribution >= 0.6 is 0 Å². The monoisotopic (exact) mass is 285 g/mol. The van der Waals surface area contributed by atoms with Gasteiger partial charge in [0.1, 0.15) is 0 Å². The third-order valence-corrected chi connectivity index (χ3v) is 3.60. The van der Waals surface area contributed by atoms with Crippen molar-refractivity contribution in [2.75, 3.05) is 26.8 Å². The molecule has 0 aromatic rings. The Balaban J connectivity index is 2.37. The van der Waals surface area contributed by atoms with Crippen LogP contribution in [0.3, 0.4) is 0 Å². The van der Waals surface area contributed by atoms with E-state index >= 15 is 0 Å². The van der Waals surface area contributed by atoms with Crippen LogP contribution in [0.4, 0.5) is 0 Å². The maximum Gasteiger partial charge on any atom is 0.307 e. The molecule has 1 rings (SSSR count). The van der Waals surface area contributed by atoms with Crippen LogP contribution in [0.25, 0.3) is 0 Å². The van der Waals surface area contributed by atoms with E-state index in [-0.39, 0.29) is 30.3 Å². The lowest BCUT2D eigenvalue weighted by molar-refractivity contribution is -0.143. The topological polar surface area (TPSA) is 55.8 Å². The highest BCUT2D eigenvalue weighted by Gasteiger charge is 2.29. The first kappa shape index (κ1) is 17.0. The van der Waals surface area contributed by atoms with Gasteiger partial charge in [0.25, 0.3) is 0 Å². The molecule has 5 heteroatoms. The summed E-state index contributed by atoms with van der Waals surface area (Å²) in [7, 11) is 1.37. The van der Waals surface area contributed by atoms with E-state index in [0.29, 0.717) is 19.7 Å². The van der Waals surface area contributed by atoms with Crippen molar-refractivity contribution in [3.63, 3.8) is 0 Å². The quantitative estimate of drug-likeness (QED) is 0.480. The molecule has 0 aromatic carbocycles. The molecule has 0 aromatic heterocycles. The third-order valence-electron chi connectivity index (χ3n) is 3.60. The summed E-state index contributed by atoms with van der Waals surface area (Å²) in [5, 5.41) is 0. The van der Waals surface area contributed by atoms with Crippen LogP contribution in [-0.4, -0.2) is 49.7 Å². The van der Waals surface area contributed by atoms with Crippen LogP contribution in [0, 0.1) is 5.92 Å². The molecule has 0 spiro atoms. The number of ether oxygens (including phenoxy) is 2. The minimum absolute atomic E-state index is 0.165. The Kier molecular flexibility index (Phi) is 7.59. The van der Waals surface area contributed by atoms with E-state index in [0.717, 1.165) is 25.7 Å². The van der Waals surface area contributed by atoms with Crippen molar-refractivity contribution in [1.29, 1.82) is 0 Å². The number of methoxy groups -OCH3 is 1. The van der Waals surface area contributed by atoms with Gasteiger partial charge in [-0.3, -0.25) is 9.59 Å². The SMILES string of the molecule is COC(=O)CCN(CCCOC(C)C)C(=O)C1CCC1. The fraction of sp³-hybridized carbons (Fsp3) is 0.867. The number of carbonyl (C=O) groups excluding carboxylic acids is 2. The van der Waals surface area contributed by atoms with Gasteiger partial charge in [-0.15, -0.1) is 0 Å². The highest BCUT2D eigenvalue weighted by atomic mass is 16.5. The van der Waals surface area contributed by atoms with E-state index in [4.69, 9.17) is 4.74 Å². The van der Waals surface area contributed by atoms with Gasteiger partial charge in [-0.2, -0.15) is 0 Å². The minimum Gasteiger partial charge on any atom is -0.469 e. The van der Waals surface area contributed by atoms with Gasteiger partial charge in [-0.05, 0) is 33.1 Å². The third kappa shape index (κ3) is 5.90. The van der Waals surface area contributed by atoms with E-state index in [9.17, 15) is 9.59 Å². The van der Waals surface area contributed by atoms with Gasteiger partial charge < -0.3 is 14.4 Å². The first-order chi connectivity index (χ1) is 9.54. The van der Waals surface area contributed by atoms with Crippen molar-refractivity contribution in [2.45, 2.75) is 52.1 Å². The molecule has 1 saturated carbocycles. The lowest BCUT2D eigenvalue weighted by atomic mass is 9.84. The molecular formula is C15H27NO4. The molecule has 0 atom stereocenters. The molecule has 0 heterocycles. The molecule has 0 saturated heterocycles. The van der Waals surface area contributed by atoms with Crippen LogP contribution in [0.1, 0.15) is 46.0 Å². The number of hydrogen-bond acceptors (Lipinski definition) is 4. The number of carbonyl (C=O) groups is 2. The minimum atomic E-state index is -0.269. The van der Waals surface area contributed by atoms with Crippen molar-refractivity contribution in [2.24, 2.45) is 5.92 Å². The lowest BCUT2D eigenvalue weighted by Crippen LogP contribution is -2.41. The largest absolute Gasteiger partial charge is 0.469 e. The molecule has 0 bridgehead atoms. The molecule has 0 radical (unpaired) electrons. The molecular weight excluding hydrogens is 258 g/mol. The van der Waals surface area contributed by atoms with Crippen LogP contribution < -0.4 is 0 Å². The maximum atomic E-state index is 12.3. The van der Waals surface area contributed by atoms with Crippen LogP contribution in [-0.2, 0) is 19.1 Å². The molecule has 1 aliphatic carbocycles. The van der Waals surface area contributed by atoms with Gasteiger partial charge >= 0.3 is 5.97 Å². The zero-order chi connectivity index (χ0) is 15.0. The summed E-state index contributed by atoms with van der Waals surface area (Å²) >= 11 is 0. The Morgan fingerprint density at radius 3 is 2.45 bits per heavy atom. The van der Waals surface area contributed by atoms with Gasteiger partial charge in [0, 0.05) is 25.6 Å². The molecule has 20 heavy (non-hydrogen) atoms. The number of esters is 1. The molecule has 1 fully saturated rings. The van der Waals surface area contributed by atoms with Crippen molar-refractivity contribution < 1.29 is 19.1 Å². The van der Waals surface area contributed by atoms with Gasteiger partial charge in [-0.25, -0.2) is 0 Å². The van der Waals surface area contributed by atoms with E-state index in [2.05, 4.69) is 4.74 Å². The Labute approximate surface area is 121 Å². The highest BCUT2D eigenvalue weighted by Crippen LogP contribution is 2.28. The Bertz CT molecular complexity index is 313. The molecule has 0 unspecified atom stereocenters. The van der Waals surface area contributed by atoms with Gasteiger partial charge in [0.15, 0.2) is 0 Å². The first-order valence-electron chi connectivity index (χ1n) is 7.51. The van der Waals surface area contributed by atoms with Gasteiger partial charge in [0.2, 0.25) is 5.91 Å². The van der Waals surface area contributed by atoms with Gasteiger partial charge in [-0.1, -0.05) is 6.42 Å². The summed E-state index contributed by atoms with van der Waals surface area (Å²) < 4.78 is 10.1. The number of hydrogen-bond donors (Lipinski definition) is 0. The van der Waals surface area contributed by atoms with E-state index in [1.165, 1.54) is 7.11 Å². The summed E-state index contributed by atoms with van der Waals surface area (Å²) in [4.78, 5) is 25.3. The highest BCUT2D eigenvalue weighted by molar-refractivity contribution is 5.80. The fourth-order valence-corrected chi connectivity index (χ4v) is 2.15. The number of amides is 1. The predicted molar refractivity (Wildman–Crippen MR) is 76.3 cm³/mol. The Morgan fingerprint density at radius 1 is 1.25 bits per heavy atom. The van der Waals surface area contributed by atoms with E-state index < -0.39 is 0 Å². The lowest BCUT2D eigenvalue weighted by Gasteiger charge is -2.31. The molecule has 1 amide bonds.